The van der Waals surface area contributed by atoms with E-state index in [0.717, 1.165) is 33.6 Å². The molecule has 0 aliphatic heterocycles. The summed E-state index contributed by atoms with van der Waals surface area (Å²) in [7, 11) is 0. The van der Waals surface area contributed by atoms with Crippen LogP contribution < -0.4 is 0 Å². The molecule has 3 aromatic rings. The zero-order valence-corrected chi connectivity index (χ0v) is 14.2. The Hall–Kier alpha value is -2.04. The molecule has 2 N–H and O–H groups in total. The molecule has 0 spiro atoms. The van der Waals surface area contributed by atoms with Crippen molar-refractivity contribution in [3.05, 3.63) is 59.8 Å². The first-order chi connectivity index (χ1) is 11.2. The quantitative estimate of drug-likeness (QED) is 0.688. The first-order valence-electron chi connectivity index (χ1n) is 7.62. The average molecular weight is 324 g/mol. The maximum absolute atomic E-state index is 9.04. The lowest BCUT2D eigenvalue weighted by Crippen LogP contribution is -1.90. The molecule has 0 fully saturated rings. The number of nitrogens with zero attached hydrogens (tertiary/aromatic N) is 1. The summed E-state index contributed by atoms with van der Waals surface area (Å²) in [5.74, 6) is 0. The molecular weight excluding hydrogens is 304 g/mol. The number of aromatic amines is 1. The van der Waals surface area contributed by atoms with Gasteiger partial charge in [-0.3, -0.25) is 5.10 Å². The Kier molecular flexibility index (Phi) is 4.84. The first-order valence-corrected chi connectivity index (χ1v) is 8.85. The Labute approximate surface area is 140 Å². The normalized spacial score (nSPS) is 10.9. The maximum Gasteiger partial charge on any atom is 0.0731 e. The predicted molar refractivity (Wildman–Crippen MR) is 96.8 cm³/mol. The molecule has 1 aromatic heterocycles. The standard InChI is InChI=1S/C19H20N2OS/c1-13-18(15-5-3-14(4-6-15)11-12-22)19(21-20-13)16-7-9-17(23-2)10-8-16/h3-10,22H,11-12H2,1-2H3,(H,20,21). The van der Waals surface area contributed by atoms with Gasteiger partial charge in [0.2, 0.25) is 0 Å². The van der Waals surface area contributed by atoms with Crippen LogP contribution in [0.1, 0.15) is 11.3 Å². The summed E-state index contributed by atoms with van der Waals surface area (Å²) in [4.78, 5) is 1.25. The zero-order chi connectivity index (χ0) is 16.2. The first kappa shape index (κ1) is 15.8. The molecule has 0 aliphatic rings. The zero-order valence-electron chi connectivity index (χ0n) is 13.3. The second kappa shape index (κ2) is 7.02. The Morgan fingerprint density at radius 2 is 1.65 bits per heavy atom. The molecule has 0 saturated heterocycles. The largest absolute Gasteiger partial charge is 0.396 e. The third-order valence-corrected chi connectivity index (χ3v) is 4.71. The lowest BCUT2D eigenvalue weighted by Gasteiger charge is -2.07. The highest BCUT2D eigenvalue weighted by atomic mass is 32.2. The summed E-state index contributed by atoms with van der Waals surface area (Å²) in [5.41, 5.74) is 6.59. The van der Waals surface area contributed by atoms with Crippen LogP contribution in [0.3, 0.4) is 0 Å². The molecule has 118 valence electrons. The fourth-order valence-corrected chi connectivity index (χ4v) is 3.13. The van der Waals surface area contributed by atoms with Gasteiger partial charge in [-0.05, 0) is 42.9 Å². The number of aromatic nitrogens is 2. The van der Waals surface area contributed by atoms with E-state index in [1.807, 2.05) is 6.92 Å². The predicted octanol–water partition coefficient (Wildman–Crippen LogP) is 4.31. The highest BCUT2D eigenvalue weighted by Crippen LogP contribution is 2.33. The van der Waals surface area contributed by atoms with Crippen LogP contribution in [0.5, 0.6) is 0 Å². The summed E-state index contributed by atoms with van der Waals surface area (Å²) >= 11 is 1.74. The fourth-order valence-electron chi connectivity index (χ4n) is 2.72. The second-order valence-electron chi connectivity index (χ2n) is 5.46. The van der Waals surface area contributed by atoms with Gasteiger partial charge in [0.05, 0.1) is 11.4 Å². The van der Waals surface area contributed by atoms with Crippen molar-refractivity contribution in [2.45, 2.75) is 18.2 Å². The minimum atomic E-state index is 0.178. The Morgan fingerprint density at radius 1 is 1.00 bits per heavy atom. The lowest BCUT2D eigenvalue weighted by molar-refractivity contribution is 0.299. The highest BCUT2D eigenvalue weighted by Gasteiger charge is 2.14. The van der Waals surface area contributed by atoms with Gasteiger partial charge in [0.1, 0.15) is 0 Å². The van der Waals surface area contributed by atoms with E-state index in [4.69, 9.17) is 5.11 Å². The van der Waals surface area contributed by atoms with Gasteiger partial charge in [-0.1, -0.05) is 36.4 Å². The SMILES string of the molecule is CSc1ccc(-c2[nH]nc(C)c2-c2ccc(CCO)cc2)cc1. The number of aryl methyl sites for hydroxylation is 1. The maximum atomic E-state index is 9.04. The van der Waals surface area contributed by atoms with E-state index in [1.54, 1.807) is 11.8 Å². The van der Waals surface area contributed by atoms with Gasteiger partial charge in [0.25, 0.3) is 0 Å². The number of aliphatic hydroxyl groups excluding tert-OH is 1. The highest BCUT2D eigenvalue weighted by molar-refractivity contribution is 7.98. The van der Waals surface area contributed by atoms with Crippen molar-refractivity contribution in [3.63, 3.8) is 0 Å². The summed E-state index contributed by atoms with van der Waals surface area (Å²) in [6.45, 7) is 2.20. The van der Waals surface area contributed by atoms with Gasteiger partial charge in [-0.2, -0.15) is 5.10 Å². The third kappa shape index (κ3) is 3.33. The number of aliphatic hydroxyl groups is 1. The van der Waals surface area contributed by atoms with Crippen LogP contribution in [0.2, 0.25) is 0 Å². The van der Waals surface area contributed by atoms with Crippen LogP contribution in [-0.2, 0) is 6.42 Å². The van der Waals surface area contributed by atoms with E-state index in [-0.39, 0.29) is 6.61 Å². The Balaban J connectivity index is 2.00. The van der Waals surface area contributed by atoms with Gasteiger partial charge in [0, 0.05) is 22.6 Å². The Bertz CT molecular complexity index is 776. The second-order valence-corrected chi connectivity index (χ2v) is 6.34. The molecule has 4 heteroatoms. The molecule has 1 heterocycles. The smallest absolute Gasteiger partial charge is 0.0731 e. The molecule has 0 aliphatic carbocycles. The number of H-pyrrole nitrogens is 1. The van der Waals surface area contributed by atoms with Crippen LogP contribution in [0.15, 0.2) is 53.4 Å². The lowest BCUT2D eigenvalue weighted by atomic mass is 9.98. The monoisotopic (exact) mass is 324 g/mol. The molecule has 0 unspecified atom stereocenters. The van der Waals surface area contributed by atoms with Gasteiger partial charge in [0.15, 0.2) is 0 Å². The van der Waals surface area contributed by atoms with E-state index in [2.05, 4.69) is 65.0 Å². The molecule has 3 nitrogen and oxygen atoms in total. The van der Waals surface area contributed by atoms with Crippen molar-refractivity contribution >= 4 is 11.8 Å². The molecule has 23 heavy (non-hydrogen) atoms. The van der Waals surface area contributed by atoms with E-state index >= 15 is 0 Å². The van der Waals surface area contributed by atoms with Gasteiger partial charge >= 0.3 is 0 Å². The minimum absolute atomic E-state index is 0.178. The van der Waals surface area contributed by atoms with Crippen LogP contribution in [0, 0.1) is 6.92 Å². The van der Waals surface area contributed by atoms with E-state index in [1.165, 1.54) is 4.90 Å². The van der Waals surface area contributed by atoms with Crippen molar-refractivity contribution < 1.29 is 5.11 Å². The topological polar surface area (TPSA) is 48.9 Å². The number of benzene rings is 2. The molecular formula is C19H20N2OS. The van der Waals surface area contributed by atoms with Crippen LogP contribution in [0.4, 0.5) is 0 Å². The number of nitrogens with one attached hydrogen (secondary N) is 1. The number of rotatable bonds is 5. The minimum Gasteiger partial charge on any atom is -0.396 e. The summed E-state index contributed by atoms with van der Waals surface area (Å²) < 4.78 is 0. The summed E-state index contributed by atoms with van der Waals surface area (Å²) in [5, 5.41) is 16.6. The Morgan fingerprint density at radius 3 is 2.26 bits per heavy atom. The molecule has 0 radical (unpaired) electrons. The molecule has 0 bridgehead atoms. The van der Waals surface area contributed by atoms with Crippen molar-refractivity contribution in [3.8, 4) is 22.4 Å². The van der Waals surface area contributed by atoms with Crippen LogP contribution in [0.25, 0.3) is 22.4 Å². The number of hydrogen-bond donors (Lipinski definition) is 2. The van der Waals surface area contributed by atoms with E-state index in [0.29, 0.717) is 6.42 Å². The van der Waals surface area contributed by atoms with Crippen molar-refractivity contribution in [2.24, 2.45) is 0 Å². The van der Waals surface area contributed by atoms with Gasteiger partial charge in [-0.15, -0.1) is 11.8 Å². The molecule has 0 amide bonds. The molecule has 0 atom stereocenters. The van der Waals surface area contributed by atoms with Crippen LogP contribution in [-0.4, -0.2) is 28.2 Å². The van der Waals surface area contributed by atoms with E-state index < -0.39 is 0 Å². The molecule has 0 saturated carbocycles. The van der Waals surface area contributed by atoms with Crippen molar-refractivity contribution in [2.75, 3.05) is 12.9 Å². The number of hydrogen-bond acceptors (Lipinski definition) is 3. The number of thioether (sulfide) groups is 1. The van der Waals surface area contributed by atoms with Crippen LogP contribution >= 0.6 is 11.8 Å². The summed E-state index contributed by atoms with van der Waals surface area (Å²) in [6.07, 6.45) is 2.77. The van der Waals surface area contributed by atoms with Crippen molar-refractivity contribution in [1.29, 1.82) is 0 Å². The fraction of sp³-hybridized carbons (Fsp3) is 0.211. The molecule has 3 rings (SSSR count). The van der Waals surface area contributed by atoms with Crippen molar-refractivity contribution in [1.82, 2.24) is 10.2 Å². The summed E-state index contributed by atoms with van der Waals surface area (Å²) in [6, 6.07) is 16.8. The van der Waals surface area contributed by atoms with E-state index in [9.17, 15) is 0 Å². The van der Waals surface area contributed by atoms with Gasteiger partial charge in [-0.25, -0.2) is 0 Å². The van der Waals surface area contributed by atoms with Gasteiger partial charge < -0.3 is 5.11 Å². The third-order valence-electron chi connectivity index (χ3n) is 3.97. The average Bonchev–Trinajstić information content (AvgIpc) is 2.98. The molecule has 2 aromatic carbocycles.